The Morgan fingerprint density at radius 2 is 1.95 bits per heavy atom. The fraction of sp³-hybridized carbons (Fsp3) is 0.278. The van der Waals surface area contributed by atoms with Crippen molar-refractivity contribution in [1.82, 2.24) is 0 Å². The second kappa shape index (κ2) is 7.85. The minimum atomic E-state index is -0.185. The van der Waals surface area contributed by atoms with Crippen LogP contribution in [0.5, 0.6) is 5.75 Å². The monoisotopic (exact) mass is 317 g/mol. The molecule has 0 saturated carbocycles. The molecule has 0 saturated heterocycles. The van der Waals surface area contributed by atoms with E-state index >= 15 is 0 Å². The van der Waals surface area contributed by atoms with Gasteiger partial charge in [-0.15, -0.1) is 0 Å². The molecule has 3 nitrogen and oxygen atoms in total. The Balaban J connectivity index is 2.24. The molecular formula is C18H20ClNO2. The van der Waals surface area contributed by atoms with Crippen LogP contribution in [0.1, 0.15) is 31.2 Å². The van der Waals surface area contributed by atoms with Crippen LogP contribution in [0.25, 0.3) is 0 Å². The summed E-state index contributed by atoms with van der Waals surface area (Å²) in [4.78, 5) is 12.7. The van der Waals surface area contributed by atoms with Crippen molar-refractivity contribution in [2.24, 2.45) is 0 Å². The van der Waals surface area contributed by atoms with Crippen molar-refractivity contribution in [2.75, 3.05) is 12.4 Å². The van der Waals surface area contributed by atoms with E-state index in [1.165, 1.54) is 0 Å². The van der Waals surface area contributed by atoms with Crippen LogP contribution in [0.3, 0.4) is 0 Å². The normalized spacial score (nSPS) is 11.8. The molecule has 2 aromatic rings. The van der Waals surface area contributed by atoms with Gasteiger partial charge in [0.2, 0.25) is 5.91 Å². The lowest BCUT2D eigenvalue weighted by molar-refractivity contribution is -0.117. The Bertz CT molecular complexity index is 628. The van der Waals surface area contributed by atoms with Crippen molar-refractivity contribution in [3.63, 3.8) is 0 Å². The number of amides is 1. The van der Waals surface area contributed by atoms with Gasteiger partial charge in [0.25, 0.3) is 0 Å². The number of ether oxygens (including phenoxy) is 1. The van der Waals surface area contributed by atoms with Gasteiger partial charge in [-0.25, -0.2) is 0 Å². The van der Waals surface area contributed by atoms with E-state index in [1.807, 2.05) is 30.3 Å². The first kappa shape index (κ1) is 16.4. The Hall–Kier alpha value is -2.00. The zero-order valence-electron chi connectivity index (χ0n) is 12.8. The van der Waals surface area contributed by atoms with Gasteiger partial charge in [-0.2, -0.15) is 0 Å². The Morgan fingerprint density at radius 1 is 1.23 bits per heavy atom. The number of rotatable bonds is 6. The predicted molar refractivity (Wildman–Crippen MR) is 90.7 cm³/mol. The molecule has 116 valence electrons. The van der Waals surface area contributed by atoms with Crippen LogP contribution in [-0.4, -0.2) is 13.0 Å². The molecule has 2 rings (SSSR count). The van der Waals surface area contributed by atoms with Gasteiger partial charge < -0.3 is 10.1 Å². The largest absolute Gasteiger partial charge is 0.495 e. The molecule has 0 radical (unpaired) electrons. The lowest BCUT2D eigenvalue weighted by Crippen LogP contribution is -2.21. The van der Waals surface area contributed by atoms with E-state index in [1.54, 1.807) is 25.3 Å². The van der Waals surface area contributed by atoms with E-state index in [-0.39, 0.29) is 11.8 Å². The minimum Gasteiger partial charge on any atom is -0.495 e. The first-order valence-corrected chi connectivity index (χ1v) is 7.72. The number of carbonyl (C=O) groups excluding carboxylic acids is 1. The van der Waals surface area contributed by atoms with E-state index in [0.29, 0.717) is 16.5 Å². The summed E-state index contributed by atoms with van der Waals surface area (Å²) < 4.78 is 5.27. The lowest BCUT2D eigenvalue weighted by atomic mass is 9.93. The van der Waals surface area contributed by atoms with Gasteiger partial charge in [0.05, 0.1) is 18.7 Å². The van der Waals surface area contributed by atoms with E-state index in [4.69, 9.17) is 16.3 Å². The third-order valence-corrected chi connectivity index (χ3v) is 3.75. The molecule has 2 aromatic carbocycles. The molecule has 0 bridgehead atoms. The maximum Gasteiger partial charge on any atom is 0.232 e. The average Bonchev–Trinajstić information content (AvgIpc) is 2.53. The van der Waals surface area contributed by atoms with E-state index in [2.05, 4.69) is 12.2 Å². The summed E-state index contributed by atoms with van der Waals surface area (Å²) in [7, 11) is 1.57. The zero-order valence-corrected chi connectivity index (χ0v) is 13.6. The molecule has 0 fully saturated rings. The van der Waals surface area contributed by atoms with Gasteiger partial charge in [0.15, 0.2) is 0 Å². The number of hydrogen-bond acceptors (Lipinski definition) is 2. The highest BCUT2D eigenvalue weighted by Gasteiger charge is 2.20. The first-order chi connectivity index (χ1) is 10.7. The first-order valence-electron chi connectivity index (χ1n) is 7.35. The van der Waals surface area contributed by atoms with Crippen LogP contribution in [0.15, 0.2) is 48.5 Å². The van der Waals surface area contributed by atoms with Crippen LogP contribution in [-0.2, 0) is 4.79 Å². The summed E-state index contributed by atoms with van der Waals surface area (Å²) >= 11 is 6.01. The molecule has 0 aromatic heterocycles. The summed E-state index contributed by atoms with van der Waals surface area (Å²) in [5.41, 5.74) is 1.61. The number of halogens is 1. The second-order valence-electron chi connectivity index (χ2n) is 5.09. The Morgan fingerprint density at radius 3 is 2.59 bits per heavy atom. The van der Waals surface area contributed by atoms with Crippen molar-refractivity contribution >= 4 is 23.2 Å². The molecule has 0 aliphatic heterocycles. The Kier molecular flexibility index (Phi) is 5.84. The molecule has 22 heavy (non-hydrogen) atoms. The fourth-order valence-electron chi connectivity index (χ4n) is 2.42. The number of hydrogen-bond donors (Lipinski definition) is 1. The highest BCUT2D eigenvalue weighted by atomic mass is 35.5. The average molecular weight is 318 g/mol. The molecular weight excluding hydrogens is 298 g/mol. The number of nitrogens with one attached hydrogen (secondary N) is 1. The summed E-state index contributed by atoms with van der Waals surface area (Å²) in [5.74, 6) is 0.365. The third kappa shape index (κ3) is 4.01. The zero-order chi connectivity index (χ0) is 15.9. The third-order valence-electron chi connectivity index (χ3n) is 3.52. The molecule has 0 aliphatic carbocycles. The van der Waals surface area contributed by atoms with Gasteiger partial charge in [0, 0.05) is 5.02 Å². The Labute approximate surface area is 136 Å². The summed E-state index contributed by atoms with van der Waals surface area (Å²) in [6.45, 7) is 2.07. The lowest BCUT2D eigenvalue weighted by Gasteiger charge is -2.18. The molecule has 0 spiro atoms. The highest BCUT2D eigenvalue weighted by molar-refractivity contribution is 6.31. The molecule has 4 heteroatoms. The van der Waals surface area contributed by atoms with Crippen molar-refractivity contribution in [3.8, 4) is 5.75 Å². The van der Waals surface area contributed by atoms with E-state index < -0.39 is 0 Å². The molecule has 0 heterocycles. The van der Waals surface area contributed by atoms with Crippen LogP contribution < -0.4 is 10.1 Å². The van der Waals surface area contributed by atoms with Gasteiger partial charge in [0.1, 0.15) is 5.75 Å². The standard InChI is InChI=1S/C18H20ClNO2/c1-3-7-15(13-8-5-4-6-9-13)18(21)20-16-12-14(19)10-11-17(16)22-2/h4-6,8-12,15H,3,7H2,1-2H3,(H,20,21). The smallest absolute Gasteiger partial charge is 0.232 e. The number of methoxy groups -OCH3 is 1. The maximum atomic E-state index is 12.7. The predicted octanol–water partition coefficient (Wildman–Crippen LogP) is 4.87. The maximum absolute atomic E-state index is 12.7. The minimum absolute atomic E-state index is 0.0476. The molecule has 1 amide bonds. The van der Waals surface area contributed by atoms with Crippen molar-refractivity contribution in [2.45, 2.75) is 25.7 Å². The topological polar surface area (TPSA) is 38.3 Å². The van der Waals surface area contributed by atoms with Crippen molar-refractivity contribution in [3.05, 3.63) is 59.1 Å². The SMILES string of the molecule is CCCC(C(=O)Nc1cc(Cl)ccc1OC)c1ccccc1. The second-order valence-corrected chi connectivity index (χ2v) is 5.52. The summed E-state index contributed by atoms with van der Waals surface area (Å²) in [6, 6.07) is 15.0. The van der Waals surface area contributed by atoms with Crippen molar-refractivity contribution < 1.29 is 9.53 Å². The molecule has 1 unspecified atom stereocenters. The van der Waals surface area contributed by atoms with Crippen molar-refractivity contribution in [1.29, 1.82) is 0 Å². The molecule has 1 atom stereocenters. The van der Waals surface area contributed by atoms with Gasteiger partial charge in [-0.05, 0) is 30.2 Å². The highest BCUT2D eigenvalue weighted by Crippen LogP contribution is 2.30. The summed E-state index contributed by atoms with van der Waals surface area (Å²) in [6.07, 6.45) is 1.72. The fourth-order valence-corrected chi connectivity index (χ4v) is 2.59. The van der Waals surface area contributed by atoms with Crippen LogP contribution in [0.4, 0.5) is 5.69 Å². The number of anilines is 1. The van der Waals surface area contributed by atoms with E-state index in [0.717, 1.165) is 18.4 Å². The number of benzene rings is 2. The molecule has 1 N–H and O–H groups in total. The van der Waals surface area contributed by atoms with Crippen LogP contribution in [0.2, 0.25) is 5.02 Å². The number of carbonyl (C=O) groups is 1. The van der Waals surface area contributed by atoms with Crippen LogP contribution >= 0.6 is 11.6 Å². The summed E-state index contributed by atoms with van der Waals surface area (Å²) in [5, 5.41) is 3.50. The van der Waals surface area contributed by atoms with Crippen LogP contribution in [0, 0.1) is 0 Å². The van der Waals surface area contributed by atoms with Gasteiger partial charge in [-0.3, -0.25) is 4.79 Å². The van der Waals surface area contributed by atoms with Gasteiger partial charge in [-0.1, -0.05) is 55.3 Å². The van der Waals surface area contributed by atoms with E-state index in [9.17, 15) is 4.79 Å². The quantitative estimate of drug-likeness (QED) is 0.825. The molecule has 0 aliphatic rings. The van der Waals surface area contributed by atoms with Gasteiger partial charge >= 0.3 is 0 Å².